The molecule has 0 aromatic carbocycles. The molecule has 101 heavy (non-hydrogen) atoms. The summed E-state index contributed by atoms with van der Waals surface area (Å²) in [4.78, 5) is 115. The van der Waals surface area contributed by atoms with Crippen molar-refractivity contribution in [1.82, 2.24) is 0 Å². The molecule has 24 rings (SSSR count). The van der Waals surface area contributed by atoms with Crippen LogP contribution in [-0.2, 0) is 105 Å². The van der Waals surface area contributed by atoms with Crippen molar-refractivity contribution in [3.05, 3.63) is 0 Å². The Morgan fingerprint density at radius 2 is 0.990 bits per heavy atom. The molecule has 554 valence electrons. The number of hydrogen-bond acceptors (Lipinski definition) is 22. The molecule has 12 aliphatic carbocycles. The first-order valence-corrected chi connectivity index (χ1v) is 38.9. The maximum Gasteiger partial charge on any atom is 0.313 e. The van der Waals surface area contributed by atoms with Gasteiger partial charge >= 0.3 is 59.7 Å². The van der Waals surface area contributed by atoms with Crippen molar-refractivity contribution >= 4 is 59.7 Å². The van der Waals surface area contributed by atoms with Gasteiger partial charge in [0.15, 0.2) is 0 Å². The Morgan fingerprint density at radius 1 is 0.376 bits per heavy atom. The molecule has 12 heterocycles. The van der Waals surface area contributed by atoms with Gasteiger partial charge in [-0.15, -0.1) is 0 Å². The zero-order chi connectivity index (χ0) is 71.6. The van der Waals surface area contributed by atoms with Gasteiger partial charge in [0.25, 0.3) is 0 Å². The summed E-state index contributed by atoms with van der Waals surface area (Å²) in [5.41, 5.74) is 0.533. The summed E-state index contributed by atoms with van der Waals surface area (Å²) >= 11 is 0. The number of ether oxygens (including phenoxy) is 12. The minimum atomic E-state index is -0.471. The number of esters is 10. The number of methoxy groups -OCH3 is 2. The summed E-state index contributed by atoms with van der Waals surface area (Å²) in [6.45, 7) is 28.4. The second-order valence-corrected chi connectivity index (χ2v) is 37.6. The molecule has 0 N–H and O–H groups in total. The van der Waals surface area contributed by atoms with Crippen LogP contribution in [0.4, 0.5) is 0 Å². The summed E-state index contributed by atoms with van der Waals surface area (Å²) < 4.78 is 63.4. The molecule has 42 unspecified atom stereocenters. The molecule has 42 atom stereocenters. The minimum absolute atomic E-state index is 0.0353. The fraction of sp³-hybridized carbons (Fsp3) is 0.873. The number of carbonyl (C=O) groups is 10. The monoisotopic (exact) mass is 1410 g/mol. The molecule has 16 bridgehead atoms. The van der Waals surface area contributed by atoms with Gasteiger partial charge in [0.2, 0.25) is 0 Å². The Morgan fingerprint density at radius 3 is 1.60 bits per heavy atom. The van der Waals surface area contributed by atoms with Crippen molar-refractivity contribution in [1.29, 1.82) is 0 Å². The van der Waals surface area contributed by atoms with Crippen LogP contribution in [0.3, 0.4) is 0 Å². The lowest BCUT2D eigenvalue weighted by Gasteiger charge is -2.32. The fourth-order valence-electron chi connectivity index (χ4n) is 27.8. The third-order valence-electron chi connectivity index (χ3n) is 33.9. The van der Waals surface area contributed by atoms with Crippen molar-refractivity contribution in [2.45, 2.75) is 233 Å². The van der Waals surface area contributed by atoms with E-state index in [1.807, 2.05) is 6.92 Å². The van der Waals surface area contributed by atoms with Crippen LogP contribution in [0.2, 0.25) is 0 Å². The van der Waals surface area contributed by atoms with Crippen molar-refractivity contribution in [2.24, 2.45) is 182 Å². The fourth-order valence-corrected chi connectivity index (χ4v) is 27.8. The van der Waals surface area contributed by atoms with Crippen LogP contribution in [-0.4, -0.2) is 147 Å². The molecule has 0 amide bonds. The summed E-state index contributed by atoms with van der Waals surface area (Å²) in [5.74, 6) is 9.06. The van der Waals surface area contributed by atoms with Crippen molar-refractivity contribution < 1.29 is 105 Å². The molecule has 24 aliphatic rings. The van der Waals surface area contributed by atoms with E-state index < -0.39 is 11.8 Å². The van der Waals surface area contributed by atoms with Crippen LogP contribution in [0.1, 0.15) is 161 Å². The van der Waals surface area contributed by atoms with Gasteiger partial charge in [-0.05, 0) is 160 Å². The Hall–Kier alpha value is -5.38. The molecule has 0 radical (unpaired) electrons. The first kappa shape index (κ1) is 68.7. The zero-order valence-electron chi connectivity index (χ0n) is 61.3. The van der Waals surface area contributed by atoms with Crippen LogP contribution in [0.5, 0.6) is 0 Å². The minimum Gasteiger partial charge on any atom is -0.469 e. The van der Waals surface area contributed by atoms with Gasteiger partial charge in [-0.25, -0.2) is 0 Å². The predicted octanol–water partition coefficient (Wildman–Crippen LogP) is 8.50. The third-order valence-corrected chi connectivity index (χ3v) is 33.9. The lowest BCUT2D eigenvalue weighted by Crippen LogP contribution is -2.41. The number of carbonyl (C=O) groups excluding carboxylic acids is 10. The second kappa shape index (κ2) is 23.3. The van der Waals surface area contributed by atoms with E-state index in [2.05, 4.69) is 83.1 Å². The van der Waals surface area contributed by atoms with Crippen molar-refractivity contribution in [3.8, 4) is 0 Å². The molecule has 22 nitrogen and oxygen atoms in total. The van der Waals surface area contributed by atoms with Crippen LogP contribution in [0.25, 0.3) is 0 Å². The SMILES string of the molecule is CC1C2CC3C(=O)OC1(C)C3C2.CC1C2CC3C(=O)OC1C3O2.CC1C2CC3OC(=O)C1(C)C3C2.CC1C2CC3OC(=O)C1C3C2.CC1C2OC(=O)C3CC1(C)CC32.CC1C2OC(=O)C3CC1C(C)(C)C32.COC(=O)C1C2CC3C(OC(=O)C31)C2C.COC(=O)C1C2OC3C(OC(=O)C31)C2C. The Bertz CT molecular complexity index is 3460. The average Bonchev–Trinajstić information content (AvgIpc) is 1.54. The molecule has 0 aromatic heterocycles. The second-order valence-electron chi connectivity index (χ2n) is 37.6. The first-order valence-electron chi connectivity index (χ1n) is 38.9. The zero-order valence-corrected chi connectivity index (χ0v) is 61.3. The highest BCUT2D eigenvalue weighted by Crippen LogP contribution is 2.69. The third kappa shape index (κ3) is 9.42. The Labute approximate surface area is 591 Å². The molecule has 12 aliphatic heterocycles. The molecule has 22 heteroatoms. The van der Waals surface area contributed by atoms with Crippen LogP contribution >= 0.6 is 0 Å². The van der Waals surface area contributed by atoms with Crippen molar-refractivity contribution in [2.75, 3.05) is 14.2 Å². The molecule has 12 saturated carbocycles. The van der Waals surface area contributed by atoms with E-state index in [9.17, 15) is 47.9 Å². The molecular formula is C79H106O22. The van der Waals surface area contributed by atoms with Crippen LogP contribution in [0, 0.1) is 182 Å². The molecule has 24 fully saturated rings. The highest BCUT2D eigenvalue weighted by molar-refractivity contribution is 5.87. The number of hydrogen-bond donors (Lipinski definition) is 0. The van der Waals surface area contributed by atoms with Gasteiger partial charge in [-0.3, -0.25) is 47.9 Å². The van der Waals surface area contributed by atoms with Gasteiger partial charge in [0.1, 0.15) is 66.5 Å². The molecule has 12 saturated heterocycles. The number of fused-ring (bicyclic) bond motifs is 8. The smallest absolute Gasteiger partial charge is 0.313 e. The maximum absolute atomic E-state index is 11.7. The summed E-state index contributed by atoms with van der Waals surface area (Å²) in [6.07, 6.45) is 13.3. The van der Waals surface area contributed by atoms with Gasteiger partial charge in [-0.1, -0.05) is 76.2 Å². The van der Waals surface area contributed by atoms with Gasteiger partial charge in [0.05, 0.1) is 79.2 Å². The average molecular weight is 1410 g/mol. The molecule has 0 spiro atoms. The lowest BCUT2D eigenvalue weighted by atomic mass is 9.69. The highest BCUT2D eigenvalue weighted by atomic mass is 16.6. The van der Waals surface area contributed by atoms with Gasteiger partial charge < -0.3 is 56.8 Å². The van der Waals surface area contributed by atoms with E-state index in [0.29, 0.717) is 100.0 Å². The predicted molar refractivity (Wildman–Crippen MR) is 349 cm³/mol. The topological polar surface area (TPSA) is 281 Å². The number of rotatable bonds is 2. The normalized spacial score (nSPS) is 56.7. The molecule has 0 aromatic rings. The van der Waals surface area contributed by atoms with Gasteiger partial charge in [-0.2, -0.15) is 0 Å². The maximum atomic E-state index is 11.7. The lowest BCUT2D eigenvalue weighted by molar-refractivity contribution is -0.153. The summed E-state index contributed by atoms with van der Waals surface area (Å²) in [6, 6.07) is 0. The quantitative estimate of drug-likeness (QED) is 0.185. The largest absolute Gasteiger partial charge is 0.469 e. The van der Waals surface area contributed by atoms with E-state index in [0.717, 1.165) is 62.7 Å². The standard InChI is InChI=1S/C11H14O4.C11H16O2.C10H12O5.3C10H14O2.C9H12O2.C8H10O3/c1-4-5-3-6-8(7(5)10(12)14-2)11(13)15-9(4)6;1-5-7-4-6-8(11(7,2)3)9(5)13-10(6)12;1-3-6-4(9(11)13-2)5-8(14-6)7(3)15-10(5)12;1-5-8-6-3-10(5,2)4-7(6)9(11)12-8;1-5-6-3-7-8(4-6)12-9(11)10(5,7)2;1-5-6-3-7-8(4-6)10(5,2)12-9(7)11;1-4-5-2-6-7(3-5)11-9(10)8(4)6;1-3-5-2-4-7(10-5)6(3)11-8(4)9/h4-9H,3H2,1-2H3;5-9H,4H2,1-3H3;3-8H,1-2H3;3*5-8H,3-4H2,1-2H3;4-8H,2-3H2,1H3;3-7H,2H2,1H3. The van der Waals surface area contributed by atoms with E-state index in [4.69, 9.17) is 56.8 Å². The Balaban J connectivity index is 0.0000000862. The summed E-state index contributed by atoms with van der Waals surface area (Å²) in [7, 11) is 2.72. The van der Waals surface area contributed by atoms with Gasteiger partial charge in [0, 0.05) is 47.3 Å². The summed E-state index contributed by atoms with van der Waals surface area (Å²) in [5, 5.41) is 0. The van der Waals surface area contributed by atoms with Crippen molar-refractivity contribution in [3.63, 3.8) is 0 Å². The van der Waals surface area contributed by atoms with Crippen LogP contribution < -0.4 is 0 Å². The highest BCUT2D eigenvalue weighted by Gasteiger charge is 2.74. The first-order chi connectivity index (χ1) is 47.7. The molecular weight excluding hydrogens is 1300 g/mol. The van der Waals surface area contributed by atoms with E-state index in [1.54, 1.807) is 0 Å². The van der Waals surface area contributed by atoms with Crippen LogP contribution in [0.15, 0.2) is 0 Å². The Kier molecular flexibility index (Phi) is 15.9. The van der Waals surface area contributed by atoms with E-state index in [-0.39, 0.29) is 185 Å². The van der Waals surface area contributed by atoms with E-state index >= 15 is 0 Å². The van der Waals surface area contributed by atoms with E-state index in [1.165, 1.54) is 39.9 Å².